The summed E-state index contributed by atoms with van der Waals surface area (Å²) < 4.78 is 81.6. The minimum Gasteiger partial charge on any atom is -0.507 e. The highest BCUT2D eigenvalue weighted by molar-refractivity contribution is 6.22. The lowest BCUT2D eigenvalue weighted by atomic mass is 9.67. The minimum atomic E-state index is -5.18. The molecule has 47 heavy (non-hydrogen) atoms. The van der Waals surface area contributed by atoms with Gasteiger partial charge in [-0.05, 0) is 98.5 Å². The minimum absolute atomic E-state index is 0.0178. The summed E-state index contributed by atoms with van der Waals surface area (Å²) in [4.78, 5) is 27.8. The summed E-state index contributed by atoms with van der Waals surface area (Å²) in [7, 11) is 0. The van der Waals surface area contributed by atoms with Gasteiger partial charge in [0.2, 0.25) is 11.8 Å². The average molecular weight is 668 g/mol. The first-order chi connectivity index (χ1) is 21.9. The number of nitrogens with zero attached hydrogens (tertiary/aromatic N) is 1. The molecule has 1 saturated heterocycles. The van der Waals surface area contributed by atoms with E-state index in [1.165, 1.54) is 0 Å². The van der Waals surface area contributed by atoms with Crippen molar-refractivity contribution in [3.05, 3.63) is 74.9 Å². The Hall–Kier alpha value is -3.64. The Balaban J connectivity index is 1.67. The molecule has 4 rings (SSSR count). The van der Waals surface area contributed by atoms with E-state index >= 15 is 0 Å². The van der Waals surface area contributed by atoms with Gasteiger partial charge in [0.25, 0.3) is 0 Å². The summed E-state index contributed by atoms with van der Waals surface area (Å²) in [6.45, 7) is 6.75. The van der Waals surface area contributed by atoms with Crippen LogP contribution in [0.4, 0.5) is 32.0 Å². The first-order valence-electron chi connectivity index (χ1n) is 15.6. The molecule has 6 nitrogen and oxygen atoms in total. The number of carbonyl (C=O) groups is 2. The number of imide groups is 1. The van der Waals surface area contributed by atoms with Crippen molar-refractivity contribution in [1.29, 1.82) is 0 Å². The zero-order chi connectivity index (χ0) is 35.0. The van der Waals surface area contributed by atoms with Crippen LogP contribution in [0.25, 0.3) is 6.08 Å². The molecule has 2 aromatic carbocycles. The number of phenols is 1. The fraction of sp³-hybridized carbons (Fsp3) is 0.486. The number of aliphatic hydroxyl groups excluding tert-OH is 2. The number of anilines is 1. The quantitative estimate of drug-likeness (QED) is 0.136. The van der Waals surface area contributed by atoms with Gasteiger partial charge >= 0.3 is 12.4 Å². The van der Waals surface area contributed by atoms with Crippen molar-refractivity contribution in [1.82, 2.24) is 0 Å². The number of rotatable bonds is 10. The average Bonchev–Trinajstić information content (AvgIpc) is 3.24. The molecule has 0 saturated carbocycles. The number of amides is 2. The summed E-state index contributed by atoms with van der Waals surface area (Å²) in [5, 5.41) is 32.2. The molecule has 0 unspecified atom stereocenters. The van der Waals surface area contributed by atoms with E-state index in [0.29, 0.717) is 65.0 Å². The van der Waals surface area contributed by atoms with Crippen LogP contribution in [0.1, 0.15) is 80.2 Å². The second-order valence-electron chi connectivity index (χ2n) is 12.4. The van der Waals surface area contributed by atoms with E-state index in [1.807, 2.05) is 32.1 Å². The van der Waals surface area contributed by atoms with Crippen LogP contribution in [0.15, 0.2) is 47.1 Å². The Kier molecular flexibility index (Phi) is 10.7. The number of carbonyl (C=O) groups excluding carboxylic acids is 2. The third kappa shape index (κ3) is 7.43. The van der Waals surface area contributed by atoms with Crippen molar-refractivity contribution in [3.8, 4) is 5.75 Å². The van der Waals surface area contributed by atoms with Gasteiger partial charge in [-0.1, -0.05) is 37.5 Å². The van der Waals surface area contributed by atoms with Crippen LogP contribution in [0.3, 0.4) is 0 Å². The third-order valence-corrected chi connectivity index (χ3v) is 9.20. The zero-order valence-electron chi connectivity index (χ0n) is 26.6. The highest BCUT2D eigenvalue weighted by Gasteiger charge is 2.55. The molecule has 0 radical (unpaired) electrons. The first kappa shape index (κ1) is 36.2. The van der Waals surface area contributed by atoms with Crippen molar-refractivity contribution in [3.63, 3.8) is 0 Å². The number of hydrogen-bond acceptors (Lipinski definition) is 5. The van der Waals surface area contributed by atoms with Crippen LogP contribution in [0, 0.1) is 31.6 Å². The molecule has 1 aliphatic heterocycles. The highest BCUT2D eigenvalue weighted by atomic mass is 19.4. The molecular weight excluding hydrogens is 628 g/mol. The number of halogens is 6. The van der Waals surface area contributed by atoms with E-state index in [4.69, 9.17) is 0 Å². The number of allylic oxidation sites excluding steroid dienone is 2. The lowest BCUT2D eigenvalue weighted by Gasteiger charge is -2.36. The van der Waals surface area contributed by atoms with Gasteiger partial charge in [0.05, 0.1) is 41.4 Å². The second kappa shape index (κ2) is 13.8. The van der Waals surface area contributed by atoms with Gasteiger partial charge in [0.1, 0.15) is 5.75 Å². The first-order valence-corrected chi connectivity index (χ1v) is 15.6. The number of benzene rings is 2. The monoisotopic (exact) mass is 667 g/mol. The van der Waals surface area contributed by atoms with Gasteiger partial charge in [-0.2, -0.15) is 26.3 Å². The van der Waals surface area contributed by atoms with Gasteiger partial charge in [0.15, 0.2) is 0 Å². The van der Waals surface area contributed by atoms with Crippen molar-refractivity contribution < 1.29 is 51.3 Å². The van der Waals surface area contributed by atoms with Crippen LogP contribution < -0.4 is 4.90 Å². The molecule has 12 heteroatoms. The van der Waals surface area contributed by atoms with Crippen LogP contribution in [-0.4, -0.2) is 39.8 Å². The Labute approximate surface area is 269 Å². The van der Waals surface area contributed by atoms with Crippen LogP contribution in [0.5, 0.6) is 5.75 Å². The number of hydrogen-bond donors (Lipinski definition) is 3. The maximum absolute atomic E-state index is 13.8. The summed E-state index contributed by atoms with van der Waals surface area (Å²) in [6, 6.07) is 4.31. The smallest absolute Gasteiger partial charge is 0.416 e. The maximum Gasteiger partial charge on any atom is 0.416 e. The van der Waals surface area contributed by atoms with Crippen molar-refractivity contribution >= 4 is 23.6 Å². The molecule has 2 aliphatic rings. The number of fused-ring (bicyclic) bond motifs is 1. The number of aliphatic hydroxyl groups is 2. The SMILES string of the molecule is CCCC1=C([C@H](O)CC/C(=C/c2cc(C)c(O)c(C)c2)CC)[C@H](CO)[C@@H]2C(=O)N(c3cc(C(F)(F)F)cc(C(F)(F)F)c3)C(=O)[C@@H]2C1. The Morgan fingerprint density at radius 2 is 1.53 bits per heavy atom. The molecule has 1 fully saturated rings. The predicted octanol–water partition coefficient (Wildman–Crippen LogP) is 7.90. The van der Waals surface area contributed by atoms with E-state index < -0.39 is 71.4 Å². The van der Waals surface area contributed by atoms with Gasteiger partial charge in [0, 0.05) is 5.92 Å². The van der Waals surface area contributed by atoms with Gasteiger partial charge < -0.3 is 15.3 Å². The predicted molar refractivity (Wildman–Crippen MR) is 164 cm³/mol. The number of aromatic hydroxyl groups is 1. The second-order valence-corrected chi connectivity index (χ2v) is 12.4. The van der Waals surface area contributed by atoms with E-state index in [9.17, 15) is 51.3 Å². The number of alkyl halides is 6. The molecule has 256 valence electrons. The number of phenolic OH excluding ortho intramolecular Hbond substituents is 1. The van der Waals surface area contributed by atoms with Gasteiger partial charge in [-0.15, -0.1) is 0 Å². The molecule has 0 bridgehead atoms. The molecule has 1 aliphatic carbocycles. The van der Waals surface area contributed by atoms with E-state index in [2.05, 4.69) is 0 Å². The molecule has 1 heterocycles. The van der Waals surface area contributed by atoms with Crippen LogP contribution in [0.2, 0.25) is 0 Å². The fourth-order valence-electron chi connectivity index (χ4n) is 6.96. The van der Waals surface area contributed by atoms with Crippen molar-refractivity contribution in [2.45, 2.75) is 84.7 Å². The number of aryl methyl sites for hydroxylation is 2. The summed E-state index contributed by atoms with van der Waals surface area (Å²) in [5.74, 6) is -5.19. The maximum atomic E-state index is 13.8. The van der Waals surface area contributed by atoms with Crippen LogP contribution >= 0.6 is 0 Å². The molecule has 0 aromatic heterocycles. The largest absolute Gasteiger partial charge is 0.507 e. The lowest BCUT2D eigenvalue weighted by molar-refractivity contribution is -0.143. The zero-order valence-corrected chi connectivity index (χ0v) is 26.6. The van der Waals surface area contributed by atoms with Crippen molar-refractivity contribution in [2.75, 3.05) is 11.5 Å². The standard InChI is InChI=1S/C35H39F6NO5/c1-5-7-22-13-26-30(33(47)42(32(26)46)25-15-23(34(36,37)38)14-24(16-25)35(39,40)41)27(17-43)29(22)28(44)9-8-20(6-2)12-21-10-18(3)31(45)19(4)11-21/h10-12,14-16,26-28,30,43-45H,5-9,13,17H2,1-4H3/b20-12+/t26-,27+,28-,30-/m1/s1. The molecule has 3 N–H and O–H groups in total. The van der Waals surface area contributed by atoms with E-state index in [0.717, 1.165) is 11.1 Å². The molecule has 4 atom stereocenters. The topological polar surface area (TPSA) is 98.1 Å². The van der Waals surface area contributed by atoms with Gasteiger partial charge in [-0.3, -0.25) is 9.59 Å². The van der Waals surface area contributed by atoms with Crippen molar-refractivity contribution in [2.24, 2.45) is 17.8 Å². The summed E-state index contributed by atoms with van der Waals surface area (Å²) in [5.41, 5.74) is 0.183. The third-order valence-electron chi connectivity index (χ3n) is 9.20. The van der Waals surface area contributed by atoms with Gasteiger partial charge in [-0.25, -0.2) is 4.90 Å². The Bertz CT molecular complexity index is 1540. The van der Waals surface area contributed by atoms with Crippen LogP contribution in [-0.2, 0) is 21.9 Å². The Morgan fingerprint density at radius 1 is 0.957 bits per heavy atom. The molecule has 2 aromatic rings. The van der Waals surface area contributed by atoms with E-state index in [-0.39, 0.29) is 24.7 Å². The molecule has 2 amide bonds. The Morgan fingerprint density at radius 3 is 2.02 bits per heavy atom. The molecular formula is C35H39F6NO5. The highest BCUT2D eigenvalue weighted by Crippen LogP contribution is 2.49. The summed E-state index contributed by atoms with van der Waals surface area (Å²) >= 11 is 0. The van der Waals surface area contributed by atoms with E-state index in [1.54, 1.807) is 13.8 Å². The lowest BCUT2D eigenvalue weighted by Crippen LogP contribution is -2.39. The summed E-state index contributed by atoms with van der Waals surface area (Å²) in [6.07, 6.45) is -7.23. The molecule has 0 spiro atoms. The fourth-order valence-corrected chi connectivity index (χ4v) is 6.96. The normalized spacial score (nSPS) is 21.5.